The van der Waals surface area contributed by atoms with E-state index in [0.29, 0.717) is 22.8 Å². The largest absolute Gasteiger partial charge is 0.495 e. The number of nitrogen functional groups attached to an aromatic ring is 1. The van der Waals surface area contributed by atoms with E-state index in [0.717, 1.165) is 41.8 Å². The van der Waals surface area contributed by atoms with E-state index in [-0.39, 0.29) is 0 Å². The van der Waals surface area contributed by atoms with Crippen LogP contribution in [0.25, 0.3) is 28.0 Å². The van der Waals surface area contributed by atoms with Crippen molar-refractivity contribution in [3.8, 4) is 28.3 Å². The summed E-state index contributed by atoms with van der Waals surface area (Å²) in [5, 5.41) is 18.9. The van der Waals surface area contributed by atoms with Crippen LogP contribution in [0.1, 0.15) is 26.2 Å². The highest BCUT2D eigenvalue weighted by Crippen LogP contribution is 2.45. The first kappa shape index (κ1) is 20.8. The number of nitrogens with zero attached hydrogens (tertiary/aromatic N) is 6. The number of carboxylic acid groups (broad SMARTS) is 1. The highest BCUT2D eigenvalue weighted by Gasteiger charge is 2.42. The highest BCUT2D eigenvalue weighted by molar-refractivity contribution is 5.95. The third-order valence-electron chi connectivity index (χ3n) is 6.45. The molecule has 1 aromatic carbocycles. The van der Waals surface area contributed by atoms with Crippen molar-refractivity contribution in [1.29, 1.82) is 0 Å². The Labute approximate surface area is 190 Å². The van der Waals surface area contributed by atoms with Crippen LogP contribution in [0.3, 0.4) is 0 Å². The Hall–Kier alpha value is -4.08. The molecular formula is C23H25N7O3. The molecule has 4 aromatic rings. The van der Waals surface area contributed by atoms with E-state index in [1.807, 2.05) is 44.4 Å². The molecule has 1 saturated carbocycles. The molecule has 0 spiro atoms. The van der Waals surface area contributed by atoms with Gasteiger partial charge in [0.25, 0.3) is 0 Å². The summed E-state index contributed by atoms with van der Waals surface area (Å²) in [5.41, 5.74) is 10.1. The first-order valence-corrected chi connectivity index (χ1v) is 10.7. The van der Waals surface area contributed by atoms with Gasteiger partial charge in [0.05, 0.1) is 18.5 Å². The second-order valence-corrected chi connectivity index (χ2v) is 8.58. The van der Waals surface area contributed by atoms with Crippen molar-refractivity contribution in [3.05, 3.63) is 42.9 Å². The molecule has 1 aliphatic rings. The monoisotopic (exact) mass is 447 g/mol. The van der Waals surface area contributed by atoms with Gasteiger partial charge in [0, 0.05) is 24.3 Å². The van der Waals surface area contributed by atoms with Crippen molar-refractivity contribution in [1.82, 2.24) is 24.4 Å². The number of hydrogen-bond donors (Lipinski definition) is 2. The Balaban J connectivity index is 1.67. The molecule has 10 nitrogen and oxygen atoms in total. The number of benzene rings is 1. The summed E-state index contributed by atoms with van der Waals surface area (Å²) in [4.78, 5) is 17.8. The van der Waals surface area contributed by atoms with Gasteiger partial charge >= 0.3 is 6.09 Å². The van der Waals surface area contributed by atoms with Crippen LogP contribution in [0.5, 0.6) is 5.75 Å². The molecule has 5 rings (SSSR count). The zero-order chi connectivity index (χ0) is 23.3. The van der Waals surface area contributed by atoms with E-state index in [4.69, 9.17) is 10.5 Å². The minimum Gasteiger partial charge on any atom is -0.495 e. The molecule has 0 unspecified atom stereocenters. The predicted molar refractivity (Wildman–Crippen MR) is 124 cm³/mol. The average molecular weight is 447 g/mol. The van der Waals surface area contributed by atoms with Gasteiger partial charge in [-0.05, 0) is 56.0 Å². The lowest BCUT2D eigenvalue weighted by Gasteiger charge is -2.46. The number of ether oxygens (including phenoxy) is 1. The van der Waals surface area contributed by atoms with Crippen LogP contribution >= 0.6 is 0 Å². The summed E-state index contributed by atoms with van der Waals surface area (Å²) in [6.45, 7) is 1.97. The van der Waals surface area contributed by atoms with Gasteiger partial charge in [-0.25, -0.2) is 14.3 Å². The van der Waals surface area contributed by atoms with Gasteiger partial charge in [0.1, 0.15) is 23.3 Å². The Morgan fingerprint density at radius 2 is 2.06 bits per heavy atom. The molecular weight excluding hydrogens is 422 g/mol. The van der Waals surface area contributed by atoms with Crippen LogP contribution < -0.4 is 15.4 Å². The fraction of sp³-hybridized carbons (Fsp3) is 0.304. The maximum atomic E-state index is 12.2. The maximum absolute atomic E-state index is 12.2. The smallest absolute Gasteiger partial charge is 0.412 e. The first-order chi connectivity index (χ1) is 15.8. The van der Waals surface area contributed by atoms with Gasteiger partial charge in [0.2, 0.25) is 0 Å². The third-order valence-corrected chi connectivity index (χ3v) is 6.45. The van der Waals surface area contributed by atoms with Crippen molar-refractivity contribution >= 4 is 23.1 Å². The standard InChI is InChI=1S/C23H25N7O3/c1-23(8-4-9-23)29(22(31)32)17-6-5-14(11-19(17)33-3)15-12-18(16-7-10-28(2)27-16)30-20(15)21(24)25-13-26-30/h5-7,10-13H,4,8-9H2,1-3H3,(H,31,32)(H2,24,25,26). The lowest BCUT2D eigenvalue weighted by molar-refractivity contribution is 0.176. The fourth-order valence-electron chi connectivity index (χ4n) is 4.59. The number of hydrogen-bond acceptors (Lipinski definition) is 6. The van der Waals surface area contributed by atoms with Gasteiger partial charge in [0.15, 0.2) is 5.82 Å². The highest BCUT2D eigenvalue weighted by atomic mass is 16.5. The van der Waals surface area contributed by atoms with Gasteiger partial charge in [-0.15, -0.1) is 0 Å². The zero-order valence-corrected chi connectivity index (χ0v) is 18.7. The van der Waals surface area contributed by atoms with Crippen LogP contribution in [0.15, 0.2) is 42.9 Å². The van der Waals surface area contributed by atoms with Crippen LogP contribution in [0.4, 0.5) is 16.3 Å². The Morgan fingerprint density at radius 1 is 1.27 bits per heavy atom. The summed E-state index contributed by atoms with van der Waals surface area (Å²) in [6.07, 6.45) is 4.91. The molecule has 3 aromatic heterocycles. The maximum Gasteiger partial charge on any atom is 0.412 e. The van der Waals surface area contributed by atoms with Gasteiger partial charge < -0.3 is 15.6 Å². The van der Waals surface area contributed by atoms with E-state index < -0.39 is 11.6 Å². The number of aryl methyl sites for hydroxylation is 1. The Bertz CT molecular complexity index is 1370. The minimum absolute atomic E-state index is 0.333. The molecule has 0 saturated heterocycles. The summed E-state index contributed by atoms with van der Waals surface area (Å²) < 4.78 is 9.09. The first-order valence-electron chi connectivity index (χ1n) is 10.7. The molecule has 10 heteroatoms. The zero-order valence-electron chi connectivity index (χ0n) is 18.7. The van der Waals surface area contributed by atoms with Crippen LogP contribution in [0, 0.1) is 0 Å². The number of amides is 1. The quantitative estimate of drug-likeness (QED) is 0.477. The Morgan fingerprint density at radius 3 is 2.67 bits per heavy atom. The fourth-order valence-corrected chi connectivity index (χ4v) is 4.59. The number of carbonyl (C=O) groups is 1. The van der Waals surface area contributed by atoms with Crippen LogP contribution in [0.2, 0.25) is 0 Å². The molecule has 0 bridgehead atoms. The molecule has 1 amide bonds. The van der Waals surface area contributed by atoms with E-state index in [2.05, 4.69) is 15.2 Å². The van der Waals surface area contributed by atoms with E-state index in [1.165, 1.54) is 11.2 Å². The lowest BCUT2D eigenvalue weighted by atomic mass is 9.77. The van der Waals surface area contributed by atoms with Crippen molar-refractivity contribution < 1.29 is 14.6 Å². The van der Waals surface area contributed by atoms with Crippen LogP contribution in [-0.2, 0) is 7.05 Å². The summed E-state index contributed by atoms with van der Waals surface area (Å²) in [5.74, 6) is 0.802. The number of fused-ring (bicyclic) bond motifs is 1. The third kappa shape index (κ3) is 3.25. The molecule has 0 atom stereocenters. The van der Waals surface area contributed by atoms with Gasteiger partial charge in [-0.1, -0.05) is 6.07 Å². The topological polar surface area (TPSA) is 124 Å². The van der Waals surface area contributed by atoms with E-state index in [9.17, 15) is 9.90 Å². The van der Waals surface area contributed by atoms with Crippen molar-refractivity contribution in [2.45, 2.75) is 31.7 Å². The number of methoxy groups -OCH3 is 1. The van der Waals surface area contributed by atoms with Crippen LogP contribution in [-0.4, -0.2) is 48.2 Å². The second kappa shape index (κ2) is 7.51. The van der Waals surface area contributed by atoms with Crippen molar-refractivity contribution in [2.75, 3.05) is 17.7 Å². The predicted octanol–water partition coefficient (Wildman–Crippen LogP) is 3.81. The van der Waals surface area contributed by atoms with Gasteiger partial charge in [-0.3, -0.25) is 9.58 Å². The summed E-state index contributed by atoms with van der Waals surface area (Å²) >= 11 is 0. The summed E-state index contributed by atoms with van der Waals surface area (Å²) in [6, 6.07) is 9.35. The molecule has 0 radical (unpaired) electrons. The SMILES string of the molecule is COc1cc(-c2cc(-c3ccn(C)n3)n3ncnc(N)c23)ccc1N(C(=O)O)C1(C)CCC1. The minimum atomic E-state index is -0.993. The lowest BCUT2D eigenvalue weighted by Crippen LogP contribution is -2.54. The number of aromatic nitrogens is 5. The van der Waals surface area contributed by atoms with E-state index in [1.54, 1.807) is 22.4 Å². The number of nitrogens with two attached hydrogens (primary N) is 1. The Kier molecular flexibility index (Phi) is 4.73. The van der Waals surface area contributed by atoms with Gasteiger partial charge in [-0.2, -0.15) is 10.2 Å². The molecule has 0 aliphatic heterocycles. The number of anilines is 2. The second-order valence-electron chi connectivity index (χ2n) is 8.58. The normalized spacial score (nSPS) is 14.8. The molecule has 33 heavy (non-hydrogen) atoms. The van der Waals surface area contributed by atoms with Crippen molar-refractivity contribution in [3.63, 3.8) is 0 Å². The van der Waals surface area contributed by atoms with E-state index >= 15 is 0 Å². The molecule has 3 heterocycles. The average Bonchev–Trinajstić information content (AvgIpc) is 3.37. The molecule has 3 N–H and O–H groups in total. The molecule has 1 aliphatic carbocycles. The van der Waals surface area contributed by atoms with Crippen molar-refractivity contribution in [2.24, 2.45) is 7.05 Å². The number of rotatable bonds is 5. The molecule has 170 valence electrons. The summed E-state index contributed by atoms with van der Waals surface area (Å²) in [7, 11) is 3.39. The molecule has 1 fully saturated rings.